The predicted octanol–water partition coefficient (Wildman–Crippen LogP) is 7.21. The van der Waals surface area contributed by atoms with E-state index in [-0.39, 0.29) is 0 Å². The molecule has 1 unspecified atom stereocenters. The molecule has 0 aromatic carbocycles. The number of aliphatic carboxylic acids is 1. The summed E-state index contributed by atoms with van der Waals surface area (Å²) in [6.45, 7) is 7.17. The maximum Gasteiger partial charge on any atom is 0.330 e. The van der Waals surface area contributed by atoms with Crippen LogP contribution in [0, 0.1) is 0 Å². The Morgan fingerprint density at radius 3 is 1.78 bits per heavy atom. The van der Waals surface area contributed by atoms with E-state index in [0.29, 0.717) is 11.6 Å². The van der Waals surface area contributed by atoms with E-state index in [4.69, 9.17) is 5.11 Å². The van der Waals surface area contributed by atoms with Crippen molar-refractivity contribution in [3.05, 3.63) is 11.6 Å². The first kappa shape index (κ1) is 26.2. The average molecular weight is 382 g/mol. The number of hydrogen-bond donors (Lipinski definition) is 1. The molecular weight excluding hydrogens is 334 g/mol. The summed E-state index contributed by atoms with van der Waals surface area (Å²) in [5.41, 5.74) is 0.451. The van der Waals surface area contributed by atoms with E-state index in [9.17, 15) is 4.79 Å². The van der Waals surface area contributed by atoms with Crippen LogP contribution in [0.3, 0.4) is 0 Å². The van der Waals surface area contributed by atoms with Crippen LogP contribution < -0.4 is 0 Å². The van der Waals surface area contributed by atoms with Crippen molar-refractivity contribution in [2.24, 2.45) is 0 Å². The van der Waals surface area contributed by atoms with Gasteiger partial charge in [-0.2, -0.15) is 0 Å². The second-order valence-corrected chi connectivity index (χ2v) is 8.34. The monoisotopic (exact) mass is 381 g/mol. The Labute approximate surface area is 169 Å². The van der Waals surface area contributed by atoms with Gasteiger partial charge in [0.05, 0.1) is 0 Å². The maximum absolute atomic E-state index is 10.8. The molecule has 0 fully saturated rings. The molecule has 0 saturated heterocycles. The number of unbranched alkanes of at least 4 members (excludes halogenated alkanes) is 12. The molecule has 0 aliphatic carbocycles. The van der Waals surface area contributed by atoms with Gasteiger partial charge in [-0.3, -0.25) is 0 Å². The average Bonchev–Trinajstić information content (AvgIpc) is 2.64. The van der Waals surface area contributed by atoms with Crippen molar-refractivity contribution in [2.75, 3.05) is 13.6 Å². The summed E-state index contributed by atoms with van der Waals surface area (Å²) >= 11 is 0. The number of hydrogen-bond acceptors (Lipinski definition) is 2. The topological polar surface area (TPSA) is 40.5 Å². The first-order valence-corrected chi connectivity index (χ1v) is 11.6. The molecule has 160 valence electrons. The van der Waals surface area contributed by atoms with Gasteiger partial charge in [-0.05, 0) is 33.7 Å². The van der Waals surface area contributed by atoms with Gasteiger partial charge in [0.1, 0.15) is 0 Å². The number of carboxylic acid groups (broad SMARTS) is 1. The summed E-state index contributed by atoms with van der Waals surface area (Å²) < 4.78 is 0. The van der Waals surface area contributed by atoms with E-state index < -0.39 is 5.97 Å². The van der Waals surface area contributed by atoms with Crippen molar-refractivity contribution in [3.63, 3.8) is 0 Å². The molecule has 0 rings (SSSR count). The zero-order chi connectivity index (χ0) is 20.3. The molecule has 0 spiro atoms. The van der Waals surface area contributed by atoms with Crippen molar-refractivity contribution in [1.82, 2.24) is 4.90 Å². The van der Waals surface area contributed by atoms with E-state index in [2.05, 4.69) is 25.8 Å². The molecule has 0 heterocycles. The summed E-state index contributed by atoms with van der Waals surface area (Å²) in [4.78, 5) is 13.1. The molecule has 0 bridgehead atoms. The molecule has 27 heavy (non-hydrogen) atoms. The fraction of sp³-hybridized carbons (Fsp3) is 0.875. The molecule has 0 aromatic heterocycles. The van der Waals surface area contributed by atoms with Crippen LogP contribution in [0.4, 0.5) is 0 Å². The maximum atomic E-state index is 10.8. The van der Waals surface area contributed by atoms with Crippen molar-refractivity contribution >= 4 is 5.97 Å². The van der Waals surface area contributed by atoms with Gasteiger partial charge >= 0.3 is 5.97 Å². The number of nitrogens with zero attached hydrogens (tertiary/aromatic N) is 1. The van der Waals surface area contributed by atoms with Crippen LogP contribution in [0.5, 0.6) is 0 Å². The minimum Gasteiger partial charge on any atom is -0.478 e. The smallest absolute Gasteiger partial charge is 0.330 e. The van der Waals surface area contributed by atoms with Crippen molar-refractivity contribution in [3.8, 4) is 0 Å². The predicted molar refractivity (Wildman–Crippen MR) is 118 cm³/mol. The van der Waals surface area contributed by atoms with Crippen LogP contribution in [0.25, 0.3) is 0 Å². The van der Waals surface area contributed by atoms with Gasteiger partial charge in [-0.15, -0.1) is 0 Å². The normalized spacial score (nSPS) is 13.3. The summed E-state index contributed by atoms with van der Waals surface area (Å²) in [6.07, 6.45) is 22.1. The molecule has 1 atom stereocenters. The van der Waals surface area contributed by atoms with Crippen molar-refractivity contribution in [1.29, 1.82) is 0 Å². The van der Waals surface area contributed by atoms with Crippen molar-refractivity contribution < 1.29 is 9.90 Å². The van der Waals surface area contributed by atoms with Crippen molar-refractivity contribution in [2.45, 2.75) is 123 Å². The Hall–Kier alpha value is -0.830. The molecule has 3 heteroatoms. The highest BCUT2D eigenvalue weighted by Crippen LogP contribution is 2.14. The fourth-order valence-corrected chi connectivity index (χ4v) is 3.47. The third kappa shape index (κ3) is 17.0. The van der Waals surface area contributed by atoms with Gasteiger partial charge in [0, 0.05) is 18.2 Å². The Kier molecular flexibility index (Phi) is 18.0. The first-order chi connectivity index (χ1) is 13.0. The van der Waals surface area contributed by atoms with Crippen LogP contribution in [0.2, 0.25) is 0 Å². The summed E-state index contributed by atoms with van der Waals surface area (Å²) in [6, 6.07) is 0.580. The third-order valence-electron chi connectivity index (χ3n) is 5.75. The van der Waals surface area contributed by atoms with E-state index >= 15 is 0 Å². The van der Waals surface area contributed by atoms with E-state index in [1.807, 2.05) is 6.08 Å². The fourth-order valence-electron chi connectivity index (χ4n) is 3.47. The number of rotatable bonds is 19. The largest absolute Gasteiger partial charge is 0.478 e. The van der Waals surface area contributed by atoms with Gasteiger partial charge in [0.25, 0.3) is 0 Å². The van der Waals surface area contributed by atoms with E-state index in [0.717, 1.165) is 13.0 Å². The highest BCUT2D eigenvalue weighted by atomic mass is 16.4. The molecule has 0 amide bonds. The Bertz CT molecular complexity index is 379. The SMILES string of the molecule is CCCCCCCCCCCCCCCC(C)N(C)CCC=C(C)C(=O)O. The van der Waals surface area contributed by atoms with Crippen LogP contribution in [-0.4, -0.2) is 35.6 Å². The number of carbonyl (C=O) groups is 1. The summed E-state index contributed by atoms with van der Waals surface area (Å²) in [5, 5.41) is 8.86. The van der Waals surface area contributed by atoms with Gasteiger partial charge in [-0.1, -0.05) is 96.5 Å². The van der Waals surface area contributed by atoms with Gasteiger partial charge < -0.3 is 10.0 Å². The highest BCUT2D eigenvalue weighted by Gasteiger charge is 2.08. The summed E-state index contributed by atoms with van der Waals surface area (Å²) in [5.74, 6) is -0.808. The van der Waals surface area contributed by atoms with Gasteiger partial charge in [0.15, 0.2) is 0 Å². The summed E-state index contributed by atoms with van der Waals surface area (Å²) in [7, 11) is 2.15. The lowest BCUT2D eigenvalue weighted by Crippen LogP contribution is -2.29. The lowest BCUT2D eigenvalue weighted by Gasteiger charge is -2.24. The number of carboxylic acids is 1. The standard InChI is InChI=1S/C24H47NO2/c1-5-6-7-8-9-10-11-12-13-14-15-16-17-20-23(3)25(4)21-18-19-22(2)24(26)27/h19,23H,5-18,20-21H2,1-4H3,(H,26,27). The Morgan fingerprint density at radius 1 is 0.889 bits per heavy atom. The quantitative estimate of drug-likeness (QED) is 0.190. The van der Waals surface area contributed by atoms with Crippen LogP contribution in [0.15, 0.2) is 11.6 Å². The lowest BCUT2D eigenvalue weighted by atomic mass is 10.0. The molecule has 0 radical (unpaired) electrons. The van der Waals surface area contributed by atoms with Crippen LogP contribution in [0.1, 0.15) is 117 Å². The minimum atomic E-state index is -0.808. The van der Waals surface area contributed by atoms with Crippen LogP contribution >= 0.6 is 0 Å². The zero-order valence-electron chi connectivity index (χ0n) is 18.8. The van der Waals surface area contributed by atoms with Gasteiger partial charge in [0.2, 0.25) is 0 Å². The molecule has 0 aliphatic heterocycles. The molecule has 1 N–H and O–H groups in total. The molecule has 3 nitrogen and oxygen atoms in total. The highest BCUT2D eigenvalue weighted by molar-refractivity contribution is 5.85. The van der Waals surface area contributed by atoms with Gasteiger partial charge in [-0.25, -0.2) is 4.79 Å². The second kappa shape index (κ2) is 18.5. The Balaban J connectivity index is 3.43. The van der Waals surface area contributed by atoms with Crippen LogP contribution in [-0.2, 0) is 4.79 Å². The molecule has 0 saturated carbocycles. The molecule has 0 aromatic rings. The third-order valence-corrected chi connectivity index (χ3v) is 5.75. The minimum absolute atomic E-state index is 0.451. The Morgan fingerprint density at radius 2 is 1.33 bits per heavy atom. The zero-order valence-corrected chi connectivity index (χ0v) is 18.8. The molecular formula is C24H47NO2. The van der Waals surface area contributed by atoms with E-state index in [1.165, 1.54) is 89.9 Å². The second-order valence-electron chi connectivity index (χ2n) is 8.34. The van der Waals surface area contributed by atoms with E-state index in [1.54, 1.807) is 6.92 Å². The molecule has 0 aliphatic rings. The lowest BCUT2D eigenvalue weighted by molar-refractivity contribution is -0.132. The first-order valence-electron chi connectivity index (χ1n) is 11.6.